The molecular formula is C19H21NO5S. The van der Waals surface area contributed by atoms with Gasteiger partial charge >= 0.3 is 5.97 Å². The summed E-state index contributed by atoms with van der Waals surface area (Å²) in [6, 6.07) is 11.5. The highest BCUT2D eigenvalue weighted by molar-refractivity contribution is 8.14. The van der Waals surface area contributed by atoms with Crippen LogP contribution in [0.5, 0.6) is 5.75 Å². The first-order valence-electron chi connectivity index (χ1n) is 8.10. The van der Waals surface area contributed by atoms with Crippen molar-refractivity contribution in [2.45, 2.75) is 25.0 Å². The molecule has 138 valence electrons. The summed E-state index contributed by atoms with van der Waals surface area (Å²) in [6.45, 7) is 2.87. The number of rotatable bonds is 7. The van der Waals surface area contributed by atoms with Crippen molar-refractivity contribution >= 4 is 39.5 Å². The molecule has 2 N–H and O–H groups in total. The van der Waals surface area contributed by atoms with E-state index in [9.17, 15) is 14.4 Å². The molecule has 0 aliphatic carbocycles. The second-order valence-corrected chi connectivity index (χ2v) is 7.17. The highest BCUT2D eigenvalue weighted by Crippen LogP contribution is 2.36. The average Bonchev–Trinajstić information content (AvgIpc) is 2.64. The standard InChI is InChI=1S/C19H21NO5S/c1-11(19(24)26-12(2)18(23)20-10-16(21)22)14-9-8-13-6-4-5-7-15(13)17(14)25-3/h4-9,11-12H,10H2,1-3H3,(H,20,23)(H,21,22). The van der Waals surface area contributed by atoms with E-state index in [1.807, 2.05) is 36.4 Å². The second-order valence-electron chi connectivity index (χ2n) is 5.82. The van der Waals surface area contributed by atoms with Crippen LogP contribution in [-0.2, 0) is 14.4 Å². The van der Waals surface area contributed by atoms with Crippen molar-refractivity contribution in [2.75, 3.05) is 13.7 Å². The number of thioether (sulfide) groups is 1. The first kappa shape index (κ1) is 19.8. The van der Waals surface area contributed by atoms with Crippen molar-refractivity contribution in [1.82, 2.24) is 5.32 Å². The Hall–Kier alpha value is -2.54. The average molecular weight is 375 g/mol. The van der Waals surface area contributed by atoms with Gasteiger partial charge in [0.1, 0.15) is 12.3 Å². The van der Waals surface area contributed by atoms with Crippen LogP contribution in [0.25, 0.3) is 10.8 Å². The van der Waals surface area contributed by atoms with Gasteiger partial charge in [-0.3, -0.25) is 14.4 Å². The summed E-state index contributed by atoms with van der Waals surface area (Å²) in [4.78, 5) is 35.0. The third kappa shape index (κ3) is 4.54. The number of carboxylic acid groups (broad SMARTS) is 1. The SMILES string of the molecule is COc1c(C(C)C(=O)SC(C)C(=O)NCC(=O)O)ccc2ccccc12. The van der Waals surface area contributed by atoms with E-state index in [1.54, 1.807) is 21.0 Å². The maximum Gasteiger partial charge on any atom is 0.322 e. The van der Waals surface area contributed by atoms with Gasteiger partial charge in [0.2, 0.25) is 5.91 Å². The molecule has 0 aromatic heterocycles. The molecule has 0 saturated heterocycles. The molecule has 0 heterocycles. The first-order valence-corrected chi connectivity index (χ1v) is 8.98. The first-order chi connectivity index (χ1) is 12.3. The molecule has 0 bridgehead atoms. The van der Waals surface area contributed by atoms with Gasteiger partial charge < -0.3 is 15.2 Å². The molecule has 0 spiro atoms. The number of benzene rings is 2. The van der Waals surface area contributed by atoms with Gasteiger partial charge in [-0.15, -0.1) is 0 Å². The summed E-state index contributed by atoms with van der Waals surface area (Å²) in [5.74, 6) is -1.44. The minimum Gasteiger partial charge on any atom is -0.496 e. The van der Waals surface area contributed by atoms with Crippen molar-refractivity contribution in [3.8, 4) is 5.75 Å². The normalized spacial score (nSPS) is 13.0. The summed E-state index contributed by atoms with van der Waals surface area (Å²) in [6.07, 6.45) is 0. The molecule has 0 fully saturated rings. The molecule has 2 aromatic carbocycles. The minimum absolute atomic E-state index is 0.184. The zero-order valence-electron chi connectivity index (χ0n) is 14.8. The van der Waals surface area contributed by atoms with E-state index in [2.05, 4.69) is 5.32 Å². The lowest BCUT2D eigenvalue weighted by molar-refractivity contribution is -0.137. The van der Waals surface area contributed by atoms with E-state index in [1.165, 1.54) is 0 Å². The van der Waals surface area contributed by atoms with Crippen LogP contribution in [0.3, 0.4) is 0 Å². The third-order valence-electron chi connectivity index (χ3n) is 4.01. The Morgan fingerprint density at radius 2 is 1.85 bits per heavy atom. The predicted molar refractivity (Wildman–Crippen MR) is 102 cm³/mol. The number of carboxylic acids is 1. The van der Waals surface area contributed by atoms with Gasteiger partial charge in [-0.25, -0.2) is 0 Å². The predicted octanol–water partition coefficient (Wildman–Crippen LogP) is 2.80. The number of ether oxygens (including phenoxy) is 1. The topological polar surface area (TPSA) is 92.7 Å². The molecule has 6 nitrogen and oxygen atoms in total. The number of hydrogen-bond acceptors (Lipinski definition) is 5. The van der Waals surface area contributed by atoms with E-state index in [0.29, 0.717) is 5.75 Å². The lowest BCUT2D eigenvalue weighted by Crippen LogP contribution is -2.35. The zero-order chi connectivity index (χ0) is 19.3. The zero-order valence-corrected chi connectivity index (χ0v) is 15.6. The monoisotopic (exact) mass is 375 g/mol. The number of carbonyl (C=O) groups excluding carboxylic acids is 2. The maximum atomic E-state index is 12.6. The molecule has 2 unspecified atom stereocenters. The van der Waals surface area contributed by atoms with E-state index in [-0.39, 0.29) is 5.12 Å². The van der Waals surface area contributed by atoms with Crippen molar-refractivity contribution in [3.63, 3.8) is 0 Å². The van der Waals surface area contributed by atoms with E-state index < -0.39 is 29.6 Å². The molecule has 0 aliphatic rings. The second kappa shape index (κ2) is 8.71. The molecule has 7 heteroatoms. The van der Waals surface area contributed by atoms with E-state index in [0.717, 1.165) is 28.1 Å². The van der Waals surface area contributed by atoms with Gasteiger partial charge in [-0.1, -0.05) is 55.1 Å². The van der Waals surface area contributed by atoms with Crippen LogP contribution in [0, 0.1) is 0 Å². The molecule has 2 atom stereocenters. The quantitative estimate of drug-likeness (QED) is 0.773. The number of amides is 1. The number of methoxy groups -OCH3 is 1. The van der Waals surface area contributed by atoms with Crippen molar-refractivity contribution in [3.05, 3.63) is 42.0 Å². The maximum absolute atomic E-state index is 12.6. The Bertz CT molecular complexity index is 836. The summed E-state index contributed by atoms with van der Waals surface area (Å²) >= 11 is 0.887. The highest BCUT2D eigenvalue weighted by atomic mass is 32.2. The number of carbonyl (C=O) groups is 3. The van der Waals surface area contributed by atoms with Crippen LogP contribution >= 0.6 is 11.8 Å². The van der Waals surface area contributed by atoms with E-state index >= 15 is 0 Å². The number of fused-ring (bicyclic) bond motifs is 1. The molecule has 2 aromatic rings. The minimum atomic E-state index is -1.13. The summed E-state index contributed by atoms with van der Waals surface area (Å²) < 4.78 is 5.54. The number of nitrogens with one attached hydrogen (secondary N) is 1. The Morgan fingerprint density at radius 1 is 1.15 bits per heavy atom. The van der Waals surface area contributed by atoms with Crippen LogP contribution in [0.15, 0.2) is 36.4 Å². The van der Waals surface area contributed by atoms with E-state index in [4.69, 9.17) is 9.84 Å². The molecule has 1 amide bonds. The van der Waals surface area contributed by atoms with Gasteiger partial charge in [0.05, 0.1) is 18.3 Å². The van der Waals surface area contributed by atoms with Crippen molar-refractivity contribution in [2.24, 2.45) is 0 Å². The fourth-order valence-corrected chi connectivity index (χ4v) is 3.46. The molecule has 0 saturated carbocycles. The molecule has 0 aliphatic heterocycles. The fourth-order valence-electron chi connectivity index (χ4n) is 2.59. The van der Waals surface area contributed by atoms with Crippen molar-refractivity contribution < 1.29 is 24.2 Å². The molecular weight excluding hydrogens is 354 g/mol. The summed E-state index contributed by atoms with van der Waals surface area (Å²) in [5.41, 5.74) is 0.752. The molecule has 26 heavy (non-hydrogen) atoms. The lowest BCUT2D eigenvalue weighted by atomic mass is 9.97. The fraction of sp³-hybridized carbons (Fsp3) is 0.316. The number of aliphatic carboxylic acids is 1. The van der Waals surface area contributed by atoms with Gasteiger partial charge in [-0.05, 0) is 12.3 Å². The van der Waals surface area contributed by atoms with Crippen LogP contribution < -0.4 is 10.1 Å². The van der Waals surface area contributed by atoms with Crippen LogP contribution in [0.2, 0.25) is 0 Å². The van der Waals surface area contributed by atoms with Crippen LogP contribution in [-0.4, -0.2) is 41.0 Å². The van der Waals surface area contributed by atoms with Crippen molar-refractivity contribution in [1.29, 1.82) is 0 Å². The Labute approximate surface area is 155 Å². The molecule has 2 rings (SSSR count). The Balaban J connectivity index is 2.16. The Kier molecular flexibility index (Phi) is 6.63. The van der Waals surface area contributed by atoms with Gasteiger partial charge in [0.25, 0.3) is 0 Å². The van der Waals surface area contributed by atoms with Gasteiger partial charge in [-0.2, -0.15) is 0 Å². The third-order valence-corrected chi connectivity index (χ3v) is 5.16. The smallest absolute Gasteiger partial charge is 0.322 e. The summed E-state index contributed by atoms with van der Waals surface area (Å²) in [5, 5.41) is 11.9. The largest absolute Gasteiger partial charge is 0.496 e. The van der Waals surface area contributed by atoms with Gasteiger partial charge in [0, 0.05) is 10.9 Å². The lowest BCUT2D eigenvalue weighted by Gasteiger charge is -2.18. The van der Waals surface area contributed by atoms with Crippen LogP contribution in [0.4, 0.5) is 0 Å². The van der Waals surface area contributed by atoms with Gasteiger partial charge in [0.15, 0.2) is 5.12 Å². The highest BCUT2D eigenvalue weighted by Gasteiger charge is 2.25. The Morgan fingerprint density at radius 3 is 2.50 bits per heavy atom. The number of hydrogen-bond donors (Lipinski definition) is 2. The van der Waals surface area contributed by atoms with Crippen LogP contribution in [0.1, 0.15) is 25.3 Å². The summed E-state index contributed by atoms with van der Waals surface area (Å²) in [7, 11) is 1.57. The molecule has 0 radical (unpaired) electrons.